The first-order valence-corrected chi connectivity index (χ1v) is 11.8. The van der Waals surface area contributed by atoms with Gasteiger partial charge in [-0.15, -0.1) is 0 Å². The summed E-state index contributed by atoms with van der Waals surface area (Å²) in [4.78, 5) is 24.6. The Labute approximate surface area is 199 Å². The number of Topliss-reactive ketones (excluding diaryl/α,β-unsaturated/α-hetero) is 1. The van der Waals surface area contributed by atoms with Crippen LogP contribution in [0.2, 0.25) is 0 Å². The van der Waals surface area contributed by atoms with Gasteiger partial charge in [-0.05, 0) is 90.5 Å². The smallest absolute Gasteiger partial charge is 0.159 e. The monoisotopic (exact) mass is 458 g/mol. The highest BCUT2D eigenvalue weighted by Crippen LogP contribution is 2.29. The highest BCUT2D eigenvalue weighted by atomic mass is 16.5. The van der Waals surface area contributed by atoms with Crippen molar-refractivity contribution in [3.05, 3.63) is 46.6 Å². The molecule has 2 N–H and O–H groups in total. The molecule has 1 rings (SSSR count). The highest BCUT2D eigenvalue weighted by molar-refractivity contribution is 5.91. The Hall–Kier alpha value is -2.40. The molecule has 1 aromatic carbocycles. The number of carbonyl (C=O) groups is 2. The first-order valence-electron chi connectivity index (χ1n) is 11.8. The molecule has 1 atom stereocenters. The van der Waals surface area contributed by atoms with Crippen molar-refractivity contribution >= 4 is 11.6 Å². The van der Waals surface area contributed by atoms with E-state index >= 15 is 0 Å². The maximum Gasteiger partial charge on any atom is 0.159 e. The lowest BCUT2D eigenvalue weighted by Gasteiger charge is -2.17. The number of aliphatic hydroxyl groups is 1. The summed E-state index contributed by atoms with van der Waals surface area (Å²) in [5, 5.41) is 19.6. The number of hydrogen-bond donors (Lipinski definition) is 2. The van der Waals surface area contributed by atoms with Crippen molar-refractivity contribution in [2.45, 2.75) is 92.1 Å². The number of ether oxygens (including phenoxy) is 1. The fourth-order valence-electron chi connectivity index (χ4n) is 3.82. The zero-order valence-corrected chi connectivity index (χ0v) is 21.5. The van der Waals surface area contributed by atoms with Crippen molar-refractivity contribution in [2.75, 3.05) is 7.11 Å². The molecule has 0 aliphatic rings. The number of phenolic OH excluding ortho intramolecular Hbond substituents is 1. The van der Waals surface area contributed by atoms with Crippen LogP contribution in [0.5, 0.6) is 11.5 Å². The third-order valence-electron chi connectivity index (χ3n) is 5.81. The van der Waals surface area contributed by atoms with Crippen LogP contribution in [0.15, 0.2) is 35.4 Å². The zero-order chi connectivity index (χ0) is 25.2. The molecule has 0 saturated carbocycles. The third-order valence-corrected chi connectivity index (χ3v) is 5.81. The van der Waals surface area contributed by atoms with E-state index in [4.69, 9.17) is 4.74 Å². The Balaban J connectivity index is 2.51. The van der Waals surface area contributed by atoms with Gasteiger partial charge in [0.1, 0.15) is 17.3 Å². The number of carbonyl (C=O) groups excluding carboxylic acids is 2. The summed E-state index contributed by atoms with van der Waals surface area (Å²) in [5.41, 5.74) is 2.95. The lowest BCUT2D eigenvalue weighted by molar-refractivity contribution is -0.123. The molecule has 5 heteroatoms. The molecule has 0 aliphatic carbocycles. The van der Waals surface area contributed by atoms with Crippen molar-refractivity contribution in [2.24, 2.45) is 5.92 Å². The molecule has 0 heterocycles. The van der Waals surface area contributed by atoms with E-state index in [2.05, 4.69) is 0 Å². The lowest BCUT2D eigenvalue weighted by Crippen LogP contribution is -2.22. The van der Waals surface area contributed by atoms with Crippen molar-refractivity contribution in [1.29, 1.82) is 0 Å². The van der Waals surface area contributed by atoms with Crippen LogP contribution in [0.4, 0.5) is 0 Å². The predicted octanol–water partition coefficient (Wildman–Crippen LogP) is 6.03. The van der Waals surface area contributed by atoms with Crippen LogP contribution in [0.1, 0.15) is 84.3 Å². The van der Waals surface area contributed by atoms with E-state index in [1.54, 1.807) is 39.2 Å². The second-order valence-corrected chi connectivity index (χ2v) is 9.92. The van der Waals surface area contributed by atoms with Gasteiger partial charge in [-0.25, -0.2) is 0 Å². The first-order chi connectivity index (χ1) is 15.3. The number of hydrogen-bond acceptors (Lipinski definition) is 5. The van der Waals surface area contributed by atoms with E-state index in [1.807, 2.05) is 33.8 Å². The van der Waals surface area contributed by atoms with Crippen molar-refractivity contribution in [3.63, 3.8) is 0 Å². The summed E-state index contributed by atoms with van der Waals surface area (Å²) in [7, 11) is 1.61. The minimum atomic E-state index is -0.810. The van der Waals surface area contributed by atoms with Gasteiger partial charge in [0.15, 0.2) is 5.78 Å². The standard InChI is InChI=1S/C28H42O5/c1-19(9-8-10-21(3)26(31)13-14-28(5,6)32)15-24(29)16-20(2)11-12-23-18-25(30)17-22(4)27(23)33-7/h11,15,17-18,21,30,32H,8-10,12-14,16H2,1-7H3. The van der Waals surface area contributed by atoms with Gasteiger partial charge >= 0.3 is 0 Å². The van der Waals surface area contributed by atoms with E-state index in [9.17, 15) is 19.8 Å². The quantitative estimate of drug-likeness (QED) is 0.263. The molecule has 1 unspecified atom stereocenters. The molecule has 0 amide bonds. The van der Waals surface area contributed by atoms with Crippen LogP contribution in [0.3, 0.4) is 0 Å². The molecule has 5 nitrogen and oxygen atoms in total. The van der Waals surface area contributed by atoms with Crippen LogP contribution in [0, 0.1) is 12.8 Å². The molecular weight excluding hydrogens is 416 g/mol. The molecule has 0 bridgehead atoms. The van der Waals surface area contributed by atoms with E-state index < -0.39 is 5.60 Å². The summed E-state index contributed by atoms with van der Waals surface area (Å²) in [6, 6.07) is 3.36. The summed E-state index contributed by atoms with van der Waals surface area (Å²) >= 11 is 0. The van der Waals surface area contributed by atoms with Crippen LogP contribution in [-0.4, -0.2) is 34.5 Å². The number of rotatable bonds is 14. The van der Waals surface area contributed by atoms with Crippen LogP contribution < -0.4 is 4.74 Å². The van der Waals surface area contributed by atoms with E-state index in [-0.39, 0.29) is 23.2 Å². The Morgan fingerprint density at radius 2 is 1.82 bits per heavy atom. The van der Waals surface area contributed by atoms with Gasteiger partial charge < -0.3 is 14.9 Å². The molecule has 0 radical (unpaired) electrons. The maximum absolute atomic E-state index is 12.4. The predicted molar refractivity (Wildman–Crippen MR) is 134 cm³/mol. The number of ketones is 2. The molecule has 33 heavy (non-hydrogen) atoms. The zero-order valence-electron chi connectivity index (χ0n) is 21.5. The second kappa shape index (κ2) is 13.3. The number of aromatic hydroxyl groups is 1. The molecule has 0 fully saturated rings. The molecule has 1 aromatic rings. The number of benzene rings is 1. The molecule has 0 spiro atoms. The normalized spacial score (nSPS) is 13.7. The Morgan fingerprint density at radius 1 is 1.15 bits per heavy atom. The highest BCUT2D eigenvalue weighted by Gasteiger charge is 2.18. The van der Waals surface area contributed by atoms with Crippen LogP contribution in [0.25, 0.3) is 0 Å². The van der Waals surface area contributed by atoms with Crippen molar-refractivity contribution in [1.82, 2.24) is 0 Å². The summed E-state index contributed by atoms with van der Waals surface area (Å²) in [6.07, 6.45) is 7.95. The van der Waals surface area contributed by atoms with Crippen molar-refractivity contribution in [3.8, 4) is 11.5 Å². The average molecular weight is 459 g/mol. The molecule has 0 aliphatic heterocycles. The van der Waals surface area contributed by atoms with Crippen LogP contribution in [-0.2, 0) is 16.0 Å². The van der Waals surface area contributed by atoms with Gasteiger partial charge in [-0.2, -0.15) is 0 Å². The van der Waals surface area contributed by atoms with Gasteiger partial charge in [-0.3, -0.25) is 9.59 Å². The summed E-state index contributed by atoms with van der Waals surface area (Å²) in [5.74, 6) is 1.19. The lowest BCUT2D eigenvalue weighted by atomic mass is 9.92. The number of methoxy groups -OCH3 is 1. The van der Waals surface area contributed by atoms with Crippen LogP contribution >= 0.6 is 0 Å². The van der Waals surface area contributed by atoms with Crippen molar-refractivity contribution < 1.29 is 24.5 Å². The maximum atomic E-state index is 12.4. The van der Waals surface area contributed by atoms with Gasteiger partial charge in [0.05, 0.1) is 12.7 Å². The topological polar surface area (TPSA) is 83.8 Å². The minimum Gasteiger partial charge on any atom is -0.508 e. The summed E-state index contributed by atoms with van der Waals surface area (Å²) < 4.78 is 5.45. The molecular formula is C28H42O5. The summed E-state index contributed by atoms with van der Waals surface area (Å²) in [6.45, 7) is 11.2. The Bertz CT molecular complexity index is 871. The fourth-order valence-corrected chi connectivity index (χ4v) is 3.82. The molecule has 0 aromatic heterocycles. The minimum absolute atomic E-state index is 0.0286. The van der Waals surface area contributed by atoms with E-state index in [0.29, 0.717) is 25.7 Å². The largest absolute Gasteiger partial charge is 0.508 e. The first kappa shape index (κ1) is 28.6. The molecule has 0 saturated heterocycles. The van der Waals surface area contributed by atoms with E-state index in [0.717, 1.165) is 47.3 Å². The number of phenols is 1. The third kappa shape index (κ3) is 11.3. The van der Waals surface area contributed by atoms with Gasteiger partial charge in [-0.1, -0.05) is 24.1 Å². The SMILES string of the molecule is COc1c(C)cc(O)cc1CC=C(C)CC(=O)C=C(C)CCCC(C)C(=O)CCC(C)(C)O. The van der Waals surface area contributed by atoms with E-state index in [1.165, 1.54) is 0 Å². The average Bonchev–Trinajstić information content (AvgIpc) is 2.69. The fraction of sp³-hybridized carbons (Fsp3) is 0.571. The van der Waals surface area contributed by atoms with Gasteiger partial charge in [0.25, 0.3) is 0 Å². The Kier molecular flexibility index (Phi) is 11.6. The van der Waals surface area contributed by atoms with Gasteiger partial charge in [0.2, 0.25) is 0 Å². The number of allylic oxidation sites excluding steroid dienone is 4. The number of aryl methyl sites for hydroxylation is 1. The second-order valence-electron chi connectivity index (χ2n) is 9.92. The molecule has 184 valence electrons. The Morgan fingerprint density at radius 3 is 2.42 bits per heavy atom. The van der Waals surface area contributed by atoms with Gasteiger partial charge in [0, 0.05) is 24.3 Å².